The molecular weight excluding hydrogens is 463 g/mol. The van der Waals surface area contributed by atoms with E-state index < -0.39 is 0 Å². The zero-order valence-electron chi connectivity index (χ0n) is 17.7. The van der Waals surface area contributed by atoms with Crippen molar-refractivity contribution in [1.82, 2.24) is 15.1 Å². The summed E-state index contributed by atoms with van der Waals surface area (Å²) in [7, 11) is 3.96. The molecule has 2 heterocycles. The number of aliphatic imine (C=N–C) groups is 1. The van der Waals surface area contributed by atoms with Crippen LogP contribution in [0.5, 0.6) is 0 Å². The lowest BCUT2D eigenvalue weighted by Crippen LogP contribution is -2.41. The van der Waals surface area contributed by atoms with E-state index in [2.05, 4.69) is 58.3 Å². The second-order valence-electron chi connectivity index (χ2n) is 8.29. The molecule has 158 valence electrons. The van der Waals surface area contributed by atoms with Crippen molar-refractivity contribution in [2.24, 2.45) is 16.8 Å². The minimum atomic E-state index is 0. The molecule has 0 aromatic heterocycles. The van der Waals surface area contributed by atoms with Crippen LogP contribution >= 0.6 is 24.0 Å². The average molecular weight is 500 g/mol. The van der Waals surface area contributed by atoms with Crippen LogP contribution in [0.1, 0.15) is 37.3 Å². The monoisotopic (exact) mass is 500 g/mol. The van der Waals surface area contributed by atoms with Crippen LogP contribution in [-0.4, -0.2) is 62.7 Å². The third-order valence-corrected chi connectivity index (χ3v) is 5.89. The van der Waals surface area contributed by atoms with E-state index in [1.807, 2.05) is 7.05 Å². The van der Waals surface area contributed by atoms with Crippen molar-refractivity contribution in [1.29, 1.82) is 0 Å². The van der Waals surface area contributed by atoms with Gasteiger partial charge in [0.1, 0.15) is 0 Å². The van der Waals surface area contributed by atoms with E-state index in [-0.39, 0.29) is 24.0 Å². The Bertz CT molecular complexity index is 593. The molecule has 2 aliphatic heterocycles. The third-order valence-electron chi connectivity index (χ3n) is 5.89. The van der Waals surface area contributed by atoms with E-state index in [1.165, 1.54) is 37.1 Å². The Hall–Kier alpha value is -0.860. The maximum Gasteiger partial charge on any atom is 0.193 e. The van der Waals surface area contributed by atoms with E-state index >= 15 is 0 Å². The van der Waals surface area contributed by atoms with Crippen LogP contribution in [-0.2, 0) is 17.8 Å². The number of ether oxygens (including phenoxy) is 1. The quantitative estimate of drug-likeness (QED) is 0.369. The fourth-order valence-corrected chi connectivity index (χ4v) is 4.01. The Labute approximate surface area is 187 Å². The number of hydrogen-bond acceptors (Lipinski definition) is 3. The summed E-state index contributed by atoms with van der Waals surface area (Å²) < 4.78 is 5.48. The number of guanidine groups is 1. The van der Waals surface area contributed by atoms with Crippen LogP contribution < -0.4 is 5.32 Å². The van der Waals surface area contributed by atoms with Crippen LogP contribution in [0.2, 0.25) is 0 Å². The topological polar surface area (TPSA) is 40.1 Å². The molecule has 1 aromatic rings. The summed E-state index contributed by atoms with van der Waals surface area (Å²) in [6, 6.07) is 9.04. The molecule has 1 atom stereocenters. The molecule has 28 heavy (non-hydrogen) atoms. The maximum absolute atomic E-state index is 5.48. The number of benzene rings is 1. The number of halogens is 1. The smallest absolute Gasteiger partial charge is 0.193 e. The Kier molecular flexibility index (Phi) is 10.0. The Morgan fingerprint density at radius 3 is 2.46 bits per heavy atom. The van der Waals surface area contributed by atoms with Crippen LogP contribution in [0, 0.1) is 11.8 Å². The summed E-state index contributed by atoms with van der Waals surface area (Å²) in [5, 5.41) is 3.49. The van der Waals surface area contributed by atoms with Gasteiger partial charge in [0.05, 0.1) is 6.61 Å². The highest BCUT2D eigenvalue weighted by Crippen LogP contribution is 2.18. The summed E-state index contributed by atoms with van der Waals surface area (Å²) in [5.74, 6) is 2.46. The van der Waals surface area contributed by atoms with Crippen molar-refractivity contribution in [2.45, 2.75) is 39.3 Å². The summed E-state index contributed by atoms with van der Waals surface area (Å²) in [6.45, 7) is 9.48. The fraction of sp³-hybridized carbons (Fsp3) is 0.682. The number of nitrogens with one attached hydrogen (secondary N) is 1. The molecule has 0 spiro atoms. The summed E-state index contributed by atoms with van der Waals surface area (Å²) >= 11 is 0. The molecule has 5 nitrogen and oxygen atoms in total. The molecule has 0 aliphatic carbocycles. The van der Waals surface area contributed by atoms with Gasteiger partial charge < -0.3 is 15.0 Å². The van der Waals surface area contributed by atoms with E-state index in [4.69, 9.17) is 4.74 Å². The van der Waals surface area contributed by atoms with Gasteiger partial charge in [-0.3, -0.25) is 9.89 Å². The molecule has 1 aromatic carbocycles. The zero-order chi connectivity index (χ0) is 19.1. The first-order valence-corrected chi connectivity index (χ1v) is 10.4. The number of likely N-dealkylation sites (tertiary alicyclic amines) is 1. The molecular formula is C22H37IN4O. The molecule has 2 saturated heterocycles. The summed E-state index contributed by atoms with van der Waals surface area (Å²) in [5.41, 5.74) is 2.71. The van der Waals surface area contributed by atoms with E-state index in [0.717, 1.165) is 51.1 Å². The van der Waals surface area contributed by atoms with Crippen LogP contribution in [0.4, 0.5) is 0 Å². The van der Waals surface area contributed by atoms with Gasteiger partial charge in [0.2, 0.25) is 0 Å². The van der Waals surface area contributed by atoms with Crippen molar-refractivity contribution in [3.8, 4) is 0 Å². The van der Waals surface area contributed by atoms with Gasteiger partial charge in [0.15, 0.2) is 5.96 Å². The molecule has 1 unspecified atom stereocenters. The second-order valence-corrected chi connectivity index (χ2v) is 8.29. The predicted molar refractivity (Wildman–Crippen MR) is 127 cm³/mol. The van der Waals surface area contributed by atoms with Crippen molar-refractivity contribution >= 4 is 29.9 Å². The molecule has 6 heteroatoms. The molecule has 2 fully saturated rings. The van der Waals surface area contributed by atoms with Gasteiger partial charge in [0.25, 0.3) is 0 Å². The Morgan fingerprint density at radius 2 is 1.86 bits per heavy atom. The molecule has 3 rings (SSSR count). The number of rotatable bonds is 6. The van der Waals surface area contributed by atoms with Gasteiger partial charge in [-0.25, -0.2) is 0 Å². The molecule has 0 saturated carbocycles. The minimum Gasteiger partial charge on any atom is -0.381 e. The Balaban J connectivity index is 0.00000280. The van der Waals surface area contributed by atoms with Gasteiger partial charge in [-0.1, -0.05) is 31.2 Å². The molecule has 1 N–H and O–H groups in total. The minimum absolute atomic E-state index is 0. The molecule has 0 bridgehead atoms. The van der Waals surface area contributed by atoms with Crippen molar-refractivity contribution in [2.75, 3.05) is 46.9 Å². The Morgan fingerprint density at radius 1 is 1.18 bits per heavy atom. The fourth-order valence-electron chi connectivity index (χ4n) is 4.01. The van der Waals surface area contributed by atoms with Gasteiger partial charge in [-0.15, -0.1) is 24.0 Å². The predicted octanol–water partition coefficient (Wildman–Crippen LogP) is 3.58. The van der Waals surface area contributed by atoms with Crippen molar-refractivity contribution in [3.63, 3.8) is 0 Å². The van der Waals surface area contributed by atoms with E-state index in [1.54, 1.807) is 0 Å². The van der Waals surface area contributed by atoms with Crippen LogP contribution in [0.15, 0.2) is 29.3 Å². The standard InChI is InChI=1S/C22H36N4O.HI/c1-18-8-11-26(12-9-18)16-20-6-4-19(5-7-20)14-24-22(23-2)25(3)15-21-10-13-27-17-21;/h4-7,18,21H,8-17H2,1-3H3,(H,23,24);1H. The molecule has 0 amide bonds. The van der Waals surface area contributed by atoms with Crippen molar-refractivity contribution in [3.05, 3.63) is 35.4 Å². The first-order chi connectivity index (χ1) is 13.1. The number of piperidine rings is 1. The van der Waals surface area contributed by atoms with E-state index in [0.29, 0.717) is 5.92 Å². The SMILES string of the molecule is CN=C(NCc1ccc(CN2CCC(C)CC2)cc1)N(C)CC1CCOC1.I. The number of nitrogens with zero attached hydrogens (tertiary/aromatic N) is 3. The highest BCUT2D eigenvalue weighted by molar-refractivity contribution is 14.0. The van der Waals surface area contributed by atoms with Crippen LogP contribution in [0.25, 0.3) is 0 Å². The van der Waals surface area contributed by atoms with Crippen molar-refractivity contribution < 1.29 is 4.74 Å². The summed E-state index contributed by atoms with van der Waals surface area (Å²) in [6.07, 6.45) is 3.82. The second kappa shape index (κ2) is 12.0. The highest BCUT2D eigenvalue weighted by atomic mass is 127. The van der Waals surface area contributed by atoms with Gasteiger partial charge in [0, 0.05) is 46.3 Å². The van der Waals surface area contributed by atoms with Gasteiger partial charge in [-0.05, 0) is 49.4 Å². The lowest BCUT2D eigenvalue weighted by Gasteiger charge is -2.30. The number of hydrogen-bond donors (Lipinski definition) is 1. The average Bonchev–Trinajstić information content (AvgIpc) is 3.18. The maximum atomic E-state index is 5.48. The summed E-state index contributed by atoms with van der Waals surface area (Å²) in [4.78, 5) is 9.22. The normalized spacial score (nSPS) is 21.4. The van der Waals surface area contributed by atoms with Gasteiger partial charge in [-0.2, -0.15) is 0 Å². The third kappa shape index (κ3) is 7.19. The largest absolute Gasteiger partial charge is 0.381 e. The zero-order valence-corrected chi connectivity index (χ0v) is 20.0. The molecule has 0 radical (unpaired) electrons. The van der Waals surface area contributed by atoms with Crippen LogP contribution in [0.3, 0.4) is 0 Å². The first kappa shape index (κ1) is 23.4. The molecule has 2 aliphatic rings. The highest BCUT2D eigenvalue weighted by Gasteiger charge is 2.19. The lowest BCUT2D eigenvalue weighted by atomic mass is 9.99. The lowest BCUT2D eigenvalue weighted by molar-refractivity contribution is 0.181. The first-order valence-electron chi connectivity index (χ1n) is 10.4. The van der Waals surface area contributed by atoms with E-state index in [9.17, 15) is 0 Å². The van der Waals surface area contributed by atoms with Gasteiger partial charge >= 0.3 is 0 Å².